The van der Waals surface area contributed by atoms with Crippen molar-refractivity contribution in [3.8, 4) is 0 Å². The van der Waals surface area contributed by atoms with Gasteiger partial charge in [0.15, 0.2) is 0 Å². The van der Waals surface area contributed by atoms with Gasteiger partial charge in [-0.05, 0) is 13.8 Å². The number of hydrogen-bond acceptors (Lipinski definition) is 6. The Kier molecular flexibility index (Phi) is 14.3. The number of rotatable bonds is 6. The summed E-state index contributed by atoms with van der Waals surface area (Å²) in [7, 11) is 0. The van der Waals surface area contributed by atoms with Crippen LogP contribution in [0.15, 0.2) is 0 Å². The summed E-state index contributed by atoms with van der Waals surface area (Å²) in [6.07, 6.45) is 0.846. The Bertz CT molecular complexity index is 636. The van der Waals surface area contributed by atoms with E-state index in [1.807, 2.05) is 41.5 Å². The first-order chi connectivity index (χ1) is 13.0. The maximum Gasteiger partial charge on any atom is 0.372 e. The van der Waals surface area contributed by atoms with E-state index in [-0.39, 0.29) is 40.4 Å². The molecule has 0 aromatic carbocycles. The zero-order chi connectivity index (χ0) is 25.1. The second-order valence-electron chi connectivity index (χ2n) is 10.3. The van der Waals surface area contributed by atoms with Gasteiger partial charge in [-0.15, -0.1) is 0 Å². The summed E-state index contributed by atoms with van der Waals surface area (Å²) >= 11 is 0. The molecule has 0 aromatic rings. The van der Waals surface area contributed by atoms with Crippen molar-refractivity contribution < 1.29 is 33.9 Å². The van der Waals surface area contributed by atoms with Gasteiger partial charge in [-0.2, -0.15) is 0 Å². The molecule has 0 atom stereocenters. The zero-order valence-electron chi connectivity index (χ0n) is 20.5. The van der Waals surface area contributed by atoms with E-state index >= 15 is 0 Å². The molecule has 0 heterocycles. The van der Waals surface area contributed by atoms with E-state index in [1.165, 1.54) is 13.8 Å². The molecule has 0 spiro atoms. The molecular weight excluding hydrogens is 388 g/mol. The highest BCUT2D eigenvalue weighted by Gasteiger charge is 2.27. The highest BCUT2D eigenvalue weighted by atomic mass is 16.4. The molecule has 0 aliphatic heterocycles. The summed E-state index contributed by atoms with van der Waals surface area (Å²) in [6.45, 7) is 18.7. The first kappa shape index (κ1) is 32.5. The summed E-state index contributed by atoms with van der Waals surface area (Å²) in [5, 5.41) is 8.17. The average Bonchev–Trinajstić information content (AvgIpc) is 2.49. The van der Waals surface area contributed by atoms with E-state index < -0.39 is 17.2 Å². The number of carboxylic acids is 1. The lowest BCUT2D eigenvalue weighted by molar-refractivity contribution is -0.152. The van der Waals surface area contributed by atoms with Crippen LogP contribution in [0.4, 0.5) is 0 Å². The van der Waals surface area contributed by atoms with E-state index in [4.69, 9.17) is 5.11 Å². The van der Waals surface area contributed by atoms with Crippen LogP contribution in [0.3, 0.4) is 0 Å². The van der Waals surface area contributed by atoms with Gasteiger partial charge in [0.1, 0.15) is 23.1 Å². The zero-order valence-corrected chi connectivity index (χ0v) is 20.5. The summed E-state index contributed by atoms with van der Waals surface area (Å²) in [4.78, 5) is 63.8. The first-order valence-electron chi connectivity index (χ1n) is 9.86. The lowest BCUT2D eigenvalue weighted by atomic mass is 9.88. The molecule has 1 N–H and O–H groups in total. The molecule has 30 heavy (non-hydrogen) atoms. The second-order valence-corrected chi connectivity index (χ2v) is 10.3. The van der Waals surface area contributed by atoms with Crippen LogP contribution < -0.4 is 0 Å². The molecule has 0 saturated heterocycles. The Balaban J connectivity index is -0.000000366. The fourth-order valence-electron chi connectivity index (χ4n) is 1.48. The minimum Gasteiger partial charge on any atom is -0.475 e. The van der Waals surface area contributed by atoms with Gasteiger partial charge >= 0.3 is 5.97 Å². The van der Waals surface area contributed by atoms with Crippen molar-refractivity contribution in [2.75, 3.05) is 0 Å². The van der Waals surface area contributed by atoms with Gasteiger partial charge in [0.25, 0.3) is 0 Å². The Hall–Kier alpha value is -2.18. The van der Waals surface area contributed by atoms with Crippen LogP contribution in [-0.2, 0) is 28.8 Å². The van der Waals surface area contributed by atoms with Crippen LogP contribution in [-0.4, -0.2) is 40.0 Å². The maximum atomic E-state index is 11.2. The Morgan fingerprint density at radius 1 is 0.567 bits per heavy atom. The minimum absolute atomic E-state index is 0.0139. The Morgan fingerprint density at radius 3 is 1.07 bits per heavy atom. The van der Waals surface area contributed by atoms with Crippen LogP contribution >= 0.6 is 0 Å². The fourth-order valence-corrected chi connectivity index (χ4v) is 1.48. The van der Waals surface area contributed by atoms with Crippen LogP contribution in [0.1, 0.15) is 95.4 Å². The molecule has 0 bridgehead atoms. The number of carbonyl (C=O) groups excluding carboxylic acids is 5. The number of carbonyl (C=O) groups is 6. The molecule has 0 radical (unpaired) electrons. The third kappa shape index (κ3) is 19.2. The van der Waals surface area contributed by atoms with Gasteiger partial charge in [-0.3, -0.25) is 19.2 Å². The van der Waals surface area contributed by atoms with Crippen LogP contribution in [0.5, 0.6) is 0 Å². The minimum atomic E-state index is -1.36. The Labute approximate surface area is 181 Å². The van der Waals surface area contributed by atoms with E-state index in [0.717, 1.165) is 0 Å². The van der Waals surface area contributed by atoms with Crippen LogP contribution in [0.25, 0.3) is 0 Å². The molecule has 0 aliphatic carbocycles. The molecule has 0 rings (SSSR count). The maximum absolute atomic E-state index is 11.2. The summed E-state index contributed by atoms with van der Waals surface area (Å²) < 4.78 is 0. The highest BCUT2D eigenvalue weighted by Crippen LogP contribution is 2.17. The molecule has 0 fully saturated rings. The smallest absolute Gasteiger partial charge is 0.372 e. The quantitative estimate of drug-likeness (QED) is 0.496. The molecule has 0 unspecified atom stereocenters. The number of hydrogen-bond donors (Lipinski definition) is 1. The van der Waals surface area contributed by atoms with E-state index in [9.17, 15) is 28.8 Å². The number of ketones is 5. The first-order valence-corrected chi connectivity index (χ1v) is 9.86. The summed E-state index contributed by atoms with van der Waals surface area (Å²) in [5.41, 5.74) is -1.42. The van der Waals surface area contributed by atoms with Crippen molar-refractivity contribution >= 4 is 34.9 Å². The standard InChI is InChI=1S/C9H16O2.C8H14O2.C6H10O3/c1-7(10)5-6-8(11)9(2,3)4;1-6(9)5-7(10)8(2,3)4;1-6(2,3)4(7)5(8)9/h5-6H2,1-4H3;5H2,1-4H3;1-3H3,(H,8,9). The van der Waals surface area contributed by atoms with Gasteiger partial charge in [-0.1, -0.05) is 62.3 Å². The van der Waals surface area contributed by atoms with Gasteiger partial charge in [0, 0.05) is 29.1 Å². The van der Waals surface area contributed by atoms with Crippen molar-refractivity contribution in [3.63, 3.8) is 0 Å². The predicted octanol–water partition coefficient (Wildman–Crippen LogP) is 4.24. The highest BCUT2D eigenvalue weighted by molar-refractivity contribution is 6.34. The van der Waals surface area contributed by atoms with E-state index in [2.05, 4.69) is 0 Å². The number of aliphatic carboxylic acids is 1. The van der Waals surface area contributed by atoms with E-state index in [1.54, 1.807) is 20.8 Å². The second kappa shape index (κ2) is 13.2. The normalized spacial score (nSPS) is 11.2. The van der Waals surface area contributed by atoms with Gasteiger partial charge in [0.2, 0.25) is 5.78 Å². The van der Waals surface area contributed by atoms with Crippen molar-refractivity contribution in [2.45, 2.75) is 95.4 Å². The number of Topliss-reactive ketones (excluding diaryl/α,β-unsaturated/α-hetero) is 5. The molecule has 0 aliphatic rings. The summed E-state index contributed by atoms with van der Waals surface area (Å²) in [6, 6.07) is 0. The Morgan fingerprint density at radius 2 is 0.933 bits per heavy atom. The lowest BCUT2D eigenvalue weighted by Gasteiger charge is -2.15. The van der Waals surface area contributed by atoms with Crippen molar-refractivity contribution in [1.82, 2.24) is 0 Å². The van der Waals surface area contributed by atoms with Crippen molar-refractivity contribution in [3.05, 3.63) is 0 Å². The molecule has 0 saturated carbocycles. The van der Waals surface area contributed by atoms with Gasteiger partial charge < -0.3 is 9.90 Å². The molecular formula is C23H40O7. The van der Waals surface area contributed by atoms with E-state index in [0.29, 0.717) is 12.8 Å². The lowest BCUT2D eigenvalue weighted by Crippen LogP contribution is -2.27. The number of carboxylic acid groups (broad SMARTS) is 1. The largest absolute Gasteiger partial charge is 0.475 e. The monoisotopic (exact) mass is 428 g/mol. The topological polar surface area (TPSA) is 123 Å². The van der Waals surface area contributed by atoms with Crippen LogP contribution in [0, 0.1) is 16.2 Å². The fraction of sp³-hybridized carbons (Fsp3) is 0.739. The van der Waals surface area contributed by atoms with Gasteiger partial charge in [0.05, 0.1) is 6.42 Å². The third-order valence-corrected chi connectivity index (χ3v) is 3.66. The molecule has 7 heteroatoms. The molecule has 0 aromatic heterocycles. The van der Waals surface area contributed by atoms with Gasteiger partial charge in [-0.25, -0.2) is 4.79 Å². The SMILES string of the molecule is CC(=O)CC(=O)C(C)(C)C.CC(=O)CCC(=O)C(C)(C)C.CC(C)(C)C(=O)C(=O)O. The molecule has 0 amide bonds. The average molecular weight is 429 g/mol. The summed E-state index contributed by atoms with van der Waals surface area (Å²) in [5.74, 6) is -1.90. The third-order valence-electron chi connectivity index (χ3n) is 3.66. The van der Waals surface area contributed by atoms with Crippen molar-refractivity contribution in [2.24, 2.45) is 16.2 Å². The molecule has 7 nitrogen and oxygen atoms in total. The van der Waals surface area contributed by atoms with Crippen LogP contribution in [0.2, 0.25) is 0 Å². The predicted molar refractivity (Wildman–Crippen MR) is 116 cm³/mol. The van der Waals surface area contributed by atoms with Crippen molar-refractivity contribution in [1.29, 1.82) is 0 Å². The molecule has 174 valence electrons.